The SMILES string of the molecule is CCCOCCOc1ccc(-c2ccc3c(c2)C=C(C(=O)Nc2ccc([S+]([O-])Cc4cncn4CCC)cc2)CCN3CC(C)C)cc1. The highest BCUT2D eigenvalue weighted by Gasteiger charge is 2.21. The Morgan fingerprint density at radius 3 is 2.48 bits per heavy atom. The van der Waals surface area contributed by atoms with Gasteiger partial charge in [0.15, 0.2) is 10.6 Å². The van der Waals surface area contributed by atoms with Crippen molar-refractivity contribution >= 4 is 34.5 Å². The third-order valence-corrected chi connectivity index (χ3v) is 9.53. The molecule has 0 aliphatic carbocycles. The first-order valence-electron chi connectivity index (χ1n) is 17.0. The summed E-state index contributed by atoms with van der Waals surface area (Å²) >= 11 is -1.21. The summed E-state index contributed by atoms with van der Waals surface area (Å²) in [4.78, 5) is 21.0. The molecule has 0 bridgehead atoms. The summed E-state index contributed by atoms with van der Waals surface area (Å²) in [7, 11) is 0. The van der Waals surface area contributed by atoms with E-state index in [0.717, 1.165) is 83.4 Å². The molecule has 0 saturated heterocycles. The fourth-order valence-corrected chi connectivity index (χ4v) is 6.94. The molecule has 1 aliphatic rings. The van der Waals surface area contributed by atoms with E-state index in [2.05, 4.69) is 73.2 Å². The molecule has 3 aromatic carbocycles. The van der Waals surface area contributed by atoms with E-state index in [1.54, 1.807) is 12.5 Å². The normalized spacial score (nSPS) is 13.5. The highest BCUT2D eigenvalue weighted by atomic mass is 32.2. The van der Waals surface area contributed by atoms with Crippen LogP contribution in [0.2, 0.25) is 0 Å². The zero-order valence-electron chi connectivity index (χ0n) is 28.6. The molecule has 1 N–H and O–H groups in total. The molecule has 4 aromatic rings. The van der Waals surface area contributed by atoms with E-state index >= 15 is 0 Å². The van der Waals surface area contributed by atoms with Crippen molar-refractivity contribution in [1.29, 1.82) is 0 Å². The maximum absolute atomic E-state index is 13.6. The molecule has 1 atom stereocenters. The number of anilines is 2. The lowest BCUT2D eigenvalue weighted by Gasteiger charge is -2.27. The van der Waals surface area contributed by atoms with Crippen LogP contribution >= 0.6 is 0 Å². The Hall–Kier alpha value is -4.05. The number of carbonyl (C=O) groups excluding carboxylic acids is 1. The van der Waals surface area contributed by atoms with Crippen molar-refractivity contribution in [3.63, 3.8) is 0 Å². The van der Waals surface area contributed by atoms with Crippen LogP contribution in [0.4, 0.5) is 11.4 Å². The molecular formula is C39H48N4O4S. The van der Waals surface area contributed by atoms with Gasteiger partial charge in [-0.25, -0.2) is 4.98 Å². The van der Waals surface area contributed by atoms with Crippen molar-refractivity contribution in [1.82, 2.24) is 9.55 Å². The lowest BCUT2D eigenvalue weighted by molar-refractivity contribution is -0.112. The lowest BCUT2D eigenvalue weighted by atomic mass is 10.00. The monoisotopic (exact) mass is 668 g/mol. The minimum atomic E-state index is -1.21. The van der Waals surface area contributed by atoms with Crippen LogP contribution in [0.1, 0.15) is 58.2 Å². The topological polar surface area (TPSA) is 91.7 Å². The fourth-order valence-electron chi connectivity index (χ4n) is 5.82. The number of imidazole rings is 1. The predicted octanol–water partition coefficient (Wildman–Crippen LogP) is 7.96. The Balaban J connectivity index is 1.29. The van der Waals surface area contributed by atoms with E-state index in [-0.39, 0.29) is 5.91 Å². The summed E-state index contributed by atoms with van der Waals surface area (Å²) < 4.78 is 26.5. The van der Waals surface area contributed by atoms with Crippen molar-refractivity contribution in [3.05, 3.63) is 96.1 Å². The molecule has 0 spiro atoms. The van der Waals surface area contributed by atoms with Crippen LogP contribution in [0.5, 0.6) is 5.75 Å². The van der Waals surface area contributed by atoms with E-state index in [4.69, 9.17) is 9.47 Å². The van der Waals surface area contributed by atoms with Gasteiger partial charge < -0.3 is 28.8 Å². The standard InChI is InChI=1S/C39H48N4O4S/c1-5-18-43-28-40-25-35(43)27-48(45)37-14-10-34(11-15-37)41-39(44)32-17-19-42(26-29(3)4)38-16-9-31(23-33(38)24-32)30-7-12-36(13-8-30)47-22-21-46-20-6-2/h7-16,23-25,28-29H,5-6,17-22,26-27H2,1-4H3,(H,41,44). The number of fused-ring (bicyclic) bond motifs is 1. The average Bonchev–Trinajstić information content (AvgIpc) is 3.43. The number of amides is 1. The van der Waals surface area contributed by atoms with Crippen LogP contribution in [0, 0.1) is 5.92 Å². The molecule has 0 fully saturated rings. The van der Waals surface area contributed by atoms with Gasteiger partial charge in [0.05, 0.1) is 24.8 Å². The average molecular weight is 669 g/mol. The molecule has 254 valence electrons. The third-order valence-electron chi connectivity index (χ3n) is 8.18. The number of carbonyl (C=O) groups is 1. The first-order valence-corrected chi connectivity index (χ1v) is 18.4. The molecule has 1 aromatic heterocycles. The number of aryl methyl sites for hydroxylation is 1. The first kappa shape index (κ1) is 35.3. The molecule has 1 amide bonds. The van der Waals surface area contributed by atoms with E-state index in [1.165, 1.54) is 0 Å². The quantitative estimate of drug-likeness (QED) is 0.0963. The van der Waals surface area contributed by atoms with Crippen LogP contribution in [0.25, 0.3) is 17.2 Å². The summed E-state index contributed by atoms with van der Waals surface area (Å²) in [6.45, 7) is 13.0. The molecular weight excluding hydrogens is 621 g/mol. The minimum absolute atomic E-state index is 0.125. The Kier molecular flexibility index (Phi) is 12.8. The second-order valence-electron chi connectivity index (χ2n) is 12.6. The Morgan fingerprint density at radius 2 is 1.75 bits per heavy atom. The van der Waals surface area contributed by atoms with E-state index < -0.39 is 11.2 Å². The number of aromatic nitrogens is 2. The highest BCUT2D eigenvalue weighted by molar-refractivity contribution is 7.90. The molecule has 0 radical (unpaired) electrons. The van der Waals surface area contributed by atoms with Gasteiger partial charge in [-0.2, -0.15) is 0 Å². The molecule has 48 heavy (non-hydrogen) atoms. The number of benzene rings is 3. The van der Waals surface area contributed by atoms with Gasteiger partial charge >= 0.3 is 0 Å². The molecule has 5 rings (SSSR count). The van der Waals surface area contributed by atoms with Crippen molar-refractivity contribution in [2.75, 3.05) is 43.1 Å². The van der Waals surface area contributed by atoms with E-state index in [1.807, 2.05) is 47.0 Å². The van der Waals surface area contributed by atoms with E-state index in [0.29, 0.717) is 37.0 Å². The van der Waals surface area contributed by atoms with Gasteiger partial charge in [-0.15, -0.1) is 0 Å². The smallest absolute Gasteiger partial charge is 0.251 e. The highest BCUT2D eigenvalue weighted by Crippen LogP contribution is 2.34. The van der Waals surface area contributed by atoms with Crippen LogP contribution in [0.15, 0.2) is 89.7 Å². The van der Waals surface area contributed by atoms with Crippen molar-refractivity contribution < 1.29 is 18.8 Å². The van der Waals surface area contributed by atoms with Crippen LogP contribution < -0.4 is 15.0 Å². The van der Waals surface area contributed by atoms with Crippen LogP contribution in [-0.2, 0) is 33.0 Å². The zero-order chi connectivity index (χ0) is 33.9. The van der Waals surface area contributed by atoms with Crippen LogP contribution in [-0.4, -0.2) is 52.9 Å². The first-order chi connectivity index (χ1) is 23.3. The number of hydrogen-bond acceptors (Lipinski definition) is 6. The molecule has 1 unspecified atom stereocenters. The maximum Gasteiger partial charge on any atom is 0.251 e. The van der Waals surface area contributed by atoms with Crippen LogP contribution in [0.3, 0.4) is 0 Å². The predicted molar refractivity (Wildman–Crippen MR) is 196 cm³/mol. The molecule has 2 heterocycles. The minimum Gasteiger partial charge on any atom is -0.611 e. The van der Waals surface area contributed by atoms with Gasteiger partial charge in [-0.3, -0.25) is 4.79 Å². The molecule has 8 nitrogen and oxygen atoms in total. The zero-order valence-corrected chi connectivity index (χ0v) is 29.4. The van der Waals surface area contributed by atoms with Gasteiger partial charge in [0.25, 0.3) is 5.91 Å². The number of ether oxygens (including phenoxy) is 2. The number of nitrogens with one attached hydrogen (secondary N) is 1. The van der Waals surface area contributed by atoms with Gasteiger partial charge in [0.2, 0.25) is 0 Å². The summed E-state index contributed by atoms with van der Waals surface area (Å²) in [5.41, 5.74) is 6.68. The largest absolute Gasteiger partial charge is 0.611 e. The lowest BCUT2D eigenvalue weighted by Crippen LogP contribution is -2.29. The van der Waals surface area contributed by atoms with Crippen molar-refractivity contribution in [2.24, 2.45) is 5.92 Å². The summed E-state index contributed by atoms with van der Waals surface area (Å²) in [5.74, 6) is 1.57. The number of nitrogens with zero attached hydrogens (tertiary/aromatic N) is 3. The Labute approximate surface area is 288 Å². The van der Waals surface area contributed by atoms with Crippen molar-refractivity contribution in [3.8, 4) is 16.9 Å². The molecule has 9 heteroatoms. The third kappa shape index (κ3) is 9.52. The van der Waals surface area contributed by atoms with Gasteiger partial charge in [-0.1, -0.05) is 45.9 Å². The Bertz CT molecular complexity index is 1650. The summed E-state index contributed by atoms with van der Waals surface area (Å²) in [6.07, 6.45) is 8.22. The van der Waals surface area contributed by atoms with Gasteiger partial charge in [-0.05, 0) is 108 Å². The number of hydrogen-bond donors (Lipinski definition) is 1. The molecule has 0 saturated carbocycles. The second kappa shape index (κ2) is 17.4. The summed E-state index contributed by atoms with van der Waals surface area (Å²) in [5, 5.41) is 3.08. The van der Waals surface area contributed by atoms with Crippen molar-refractivity contribution in [2.45, 2.75) is 64.2 Å². The summed E-state index contributed by atoms with van der Waals surface area (Å²) in [6, 6.07) is 21.9. The molecule has 1 aliphatic heterocycles. The van der Waals surface area contributed by atoms with E-state index in [9.17, 15) is 9.35 Å². The van der Waals surface area contributed by atoms with Gasteiger partial charge in [0.1, 0.15) is 12.4 Å². The Morgan fingerprint density at radius 1 is 0.979 bits per heavy atom. The number of rotatable bonds is 16. The maximum atomic E-state index is 13.6. The fraction of sp³-hybridized carbons (Fsp3) is 0.385. The second-order valence-corrected chi connectivity index (χ2v) is 14.0. The van der Waals surface area contributed by atoms with Gasteiger partial charge in [0, 0.05) is 43.2 Å².